The summed E-state index contributed by atoms with van der Waals surface area (Å²) in [4.78, 5) is 13.0. The molecule has 2 rings (SSSR count). The van der Waals surface area contributed by atoms with Crippen LogP contribution in [0, 0.1) is 0 Å². The molecule has 0 aromatic heterocycles. The highest BCUT2D eigenvalue weighted by molar-refractivity contribution is 5.80. The van der Waals surface area contributed by atoms with Crippen molar-refractivity contribution < 1.29 is 4.79 Å². The number of hydrogen-bond acceptors (Lipinski definition) is 1. The summed E-state index contributed by atoms with van der Waals surface area (Å²) in [5.41, 5.74) is 1.26. The highest BCUT2D eigenvalue weighted by Gasteiger charge is 2.36. The van der Waals surface area contributed by atoms with Crippen LogP contribution in [0.4, 0.5) is 0 Å². The molecule has 2 heterocycles. The van der Waals surface area contributed by atoms with Crippen LogP contribution in [-0.2, 0) is 4.79 Å². The van der Waals surface area contributed by atoms with Gasteiger partial charge < -0.3 is 4.90 Å². The summed E-state index contributed by atoms with van der Waals surface area (Å²) < 4.78 is 0. The lowest BCUT2D eigenvalue weighted by Gasteiger charge is -2.13. The first kappa shape index (κ1) is 5.96. The van der Waals surface area contributed by atoms with Gasteiger partial charge in [0.25, 0.3) is 0 Å². The van der Waals surface area contributed by atoms with Gasteiger partial charge in [-0.05, 0) is 12.8 Å². The van der Waals surface area contributed by atoms with Crippen LogP contribution in [0.15, 0.2) is 12.2 Å². The van der Waals surface area contributed by atoms with E-state index in [1.54, 1.807) is 0 Å². The molecule has 1 amide bonds. The van der Waals surface area contributed by atoms with Crippen LogP contribution in [0.2, 0.25) is 0 Å². The summed E-state index contributed by atoms with van der Waals surface area (Å²) in [6.07, 6.45) is 2.78. The summed E-state index contributed by atoms with van der Waals surface area (Å²) in [6, 6.07) is 0.410. The second kappa shape index (κ2) is 1.84. The molecule has 0 aromatic rings. The summed E-state index contributed by atoms with van der Waals surface area (Å²) >= 11 is 0. The first-order valence-corrected chi connectivity index (χ1v) is 3.76. The first-order valence-electron chi connectivity index (χ1n) is 3.76. The number of carbonyl (C=O) groups is 1. The van der Waals surface area contributed by atoms with Crippen molar-refractivity contribution in [2.24, 2.45) is 0 Å². The van der Waals surface area contributed by atoms with Gasteiger partial charge in [0.2, 0.25) is 5.91 Å². The van der Waals surface area contributed by atoms with Crippen molar-refractivity contribution in [3.05, 3.63) is 12.2 Å². The lowest BCUT2D eigenvalue weighted by molar-refractivity contribution is -0.127. The van der Waals surface area contributed by atoms with Gasteiger partial charge in [0.1, 0.15) is 0 Å². The Hall–Kier alpha value is -0.790. The second-order valence-corrected chi connectivity index (χ2v) is 3.05. The minimum atomic E-state index is 0.323. The summed E-state index contributed by atoms with van der Waals surface area (Å²) in [5.74, 6) is 0.323. The number of hydrogen-bond donors (Lipinski definition) is 0. The van der Waals surface area contributed by atoms with E-state index in [0.29, 0.717) is 11.9 Å². The first-order chi connectivity index (χ1) is 4.79. The topological polar surface area (TPSA) is 20.3 Å². The quantitative estimate of drug-likeness (QED) is 0.455. The minimum Gasteiger partial charge on any atom is -0.336 e. The zero-order chi connectivity index (χ0) is 7.14. The zero-order valence-electron chi connectivity index (χ0n) is 5.97. The minimum absolute atomic E-state index is 0.323. The Morgan fingerprint density at radius 1 is 1.50 bits per heavy atom. The van der Waals surface area contributed by atoms with Crippen molar-refractivity contribution in [2.45, 2.75) is 25.3 Å². The third kappa shape index (κ3) is 0.618. The maximum Gasteiger partial charge on any atom is 0.223 e. The van der Waals surface area contributed by atoms with E-state index >= 15 is 0 Å². The molecule has 0 aromatic carbocycles. The predicted octanol–water partition coefficient (Wildman–Crippen LogP) is 0.937. The molecule has 2 fully saturated rings. The van der Waals surface area contributed by atoms with E-state index in [2.05, 4.69) is 6.58 Å². The van der Waals surface area contributed by atoms with E-state index in [9.17, 15) is 4.79 Å². The van der Waals surface area contributed by atoms with Crippen LogP contribution in [0.1, 0.15) is 19.3 Å². The molecule has 0 radical (unpaired) electrons. The van der Waals surface area contributed by atoms with E-state index in [4.69, 9.17) is 0 Å². The maximum absolute atomic E-state index is 11.1. The summed E-state index contributed by atoms with van der Waals surface area (Å²) in [6.45, 7) is 4.86. The molecule has 2 heteroatoms. The number of amides is 1. The molecule has 10 heavy (non-hydrogen) atoms. The van der Waals surface area contributed by atoms with Gasteiger partial charge in [0.05, 0.1) is 6.04 Å². The third-order valence-corrected chi connectivity index (χ3v) is 2.47. The van der Waals surface area contributed by atoms with Crippen LogP contribution in [0.3, 0.4) is 0 Å². The lowest BCUT2D eigenvalue weighted by atomic mass is 10.1. The standard InChI is InChI=1S/C8H11NO/c1-6-4-5-9-7(6)2-3-8(9)10/h7H,1-5H2. The van der Waals surface area contributed by atoms with Crippen LogP contribution in [-0.4, -0.2) is 23.4 Å². The molecule has 1 atom stereocenters. The average Bonchev–Trinajstić information content (AvgIpc) is 2.41. The Morgan fingerprint density at radius 2 is 2.30 bits per heavy atom. The summed E-state index contributed by atoms with van der Waals surface area (Å²) in [7, 11) is 0. The fourth-order valence-corrected chi connectivity index (χ4v) is 1.87. The zero-order valence-corrected chi connectivity index (χ0v) is 5.97. The molecular weight excluding hydrogens is 126 g/mol. The van der Waals surface area contributed by atoms with Crippen LogP contribution in [0.5, 0.6) is 0 Å². The highest BCUT2D eigenvalue weighted by atomic mass is 16.2. The Bertz CT molecular complexity index is 175. The average molecular weight is 137 g/mol. The molecule has 54 valence electrons. The Labute approximate surface area is 60.5 Å². The SMILES string of the molecule is C=C1CCN2C(=O)CCC12. The van der Waals surface area contributed by atoms with Gasteiger partial charge in [-0.1, -0.05) is 12.2 Å². The fraction of sp³-hybridized carbons (Fsp3) is 0.625. The monoisotopic (exact) mass is 137 g/mol. The second-order valence-electron chi connectivity index (χ2n) is 3.05. The highest BCUT2D eigenvalue weighted by Crippen LogP contribution is 2.31. The largest absolute Gasteiger partial charge is 0.336 e. The van der Waals surface area contributed by atoms with Crippen molar-refractivity contribution in [1.29, 1.82) is 0 Å². The van der Waals surface area contributed by atoms with E-state index in [1.165, 1.54) is 5.57 Å². The van der Waals surface area contributed by atoms with Gasteiger partial charge >= 0.3 is 0 Å². The van der Waals surface area contributed by atoms with Crippen molar-refractivity contribution in [3.8, 4) is 0 Å². The molecule has 0 saturated carbocycles. The van der Waals surface area contributed by atoms with Crippen molar-refractivity contribution in [3.63, 3.8) is 0 Å². The Kier molecular flexibility index (Phi) is 1.10. The maximum atomic E-state index is 11.1. The number of carbonyl (C=O) groups excluding carboxylic acids is 1. The van der Waals surface area contributed by atoms with Crippen LogP contribution < -0.4 is 0 Å². The molecule has 1 unspecified atom stereocenters. The fourth-order valence-electron chi connectivity index (χ4n) is 1.87. The molecule has 2 aliphatic rings. The van der Waals surface area contributed by atoms with Crippen LogP contribution in [0.25, 0.3) is 0 Å². The Morgan fingerprint density at radius 3 is 3.00 bits per heavy atom. The molecule has 0 bridgehead atoms. The Balaban J connectivity index is 2.24. The van der Waals surface area contributed by atoms with Gasteiger partial charge in [0.15, 0.2) is 0 Å². The van der Waals surface area contributed by atoms with E-state index in [1.807, 2.05) is 4.90 Å². The molecule has 0 spiro atoms. The van der Waals surface area contributed by atoms with Gasteiger partial charge in [-0.2, -0.15) is 0 Å². The normalized spacial score (nSPS) is 31.6. The van der Waals surface area contributed by atoms with E-state index < -0.39 is 0 Å². The van der Waals surface area contributed by atoms with Crippen LogP contribution >= 0.6 is 0 Å². The third-order valence-electron chi connectivity index (χ3n) is 2.47. The number of nitrogens with zero attached hydrogens (tertiary/aromatic N) is 1. The molecule has 2 nitrogen and oxygen atoms in total. The smallest absolute Gasteiger partial charge is 0.223 e. The molecule has 0 N–H and O–H groups in total. The van der Waals surface area contributed by atoms with Gasteiger partial charge in [-0.25, -0.2) is 0 Å². The molecule has 2 aliphatic heterocycles. The van der Waals surface area contributed by atoms with Gasteiger partial charge in [0, 0.05) is 13.0 Å². The molecule has 2 saturated heterocycles. The lowest BCUT2D eigenvalue weighted by Crippen LogP contribution is -2.26. The van der Waals surface area contributed by atoms with E-state index in [0.717, 1.165) is 25.8 Å². The van der Waals surface area contributed by atoms with E-state index in [-0.39, 0.29) is 0 Å². The molecule has 0 aliphatic carbocycles. The van der Waals surface area contributed by atoms with Gasteiger partial charge in [-0.15, -0.1) is 0 Å². The number of fused-ring (bicyclic) bond motifs is 1. The predicted molar refractivity (Wildman–Crippen MR) is 38.5 cm³/mol. The molecular formula is C8H11NO. The number of rotatable bonds is 0. The van der Waals surface area contributed by atoms with Crippen molar-refractivity contribution in [1.82, 2.24) is 4.90 Å². The van der Waals surface area contributed by atoms with Crippen molar-refractivity contribution in [2.75, 3.05) is 6.54 Å². The summed E-state index contributed by atoms with van der Waals surface area (Å²) in [5, 5.41) is 0. The van der Waals surface area contributed by atoms with Gasteiger partial charge in [-0.3, -0.25) is 4.79 Å². The van der Waals surface area contributed by atoms with Crippen molar-refractivity contribution >= 4 is 5.91 Å².